The van der Waals surface area contributed by atoms with Crippen molar-refractivity contribution < 1.29 is 4.74 Å². The fourth-order valence-electron chi connectivity index (χ4n) is 1.37. The lowest BCUT2D eigenvalue weighted by atomic mass is 10.2. The van der Waals surface area contributed by atoms with Crippen LogP contribution in [-0.4, -0.2) is 13.2 Å². The largest absolute Gasteiger partial charge is 0.496 e. The summed E-state index contributed by atoms with van der Waals surface area (Å²) < 4.78 is 6.19. The van der Waals surface area contributed by atoms with Gasteiger partial charge in [-0.3, -0.25) is 0 Å². The van der Waals surface area contributed by atoms with Gasteiger partial charge in [0.1, 0.15) is 5.75 Å². The molecule has 3 heteroatoms. The van der Waals surface area contributed by atoms with E-state index < -0.39 is 0 Å². The van der Waals surface area contributed by atoms with Crippen LogP contribution in [0, 0.1) is 0 Å². The minimum atomic E-state index is 0.760. The van der Waals surface area contributed by atoms with Crippen LogP contribution in [0.3, 0.4) is 0 Å². The van der Waals surface area contributed by atoms with Gasteiger partial charge in [-0.05, 0) is 46.5 Å². The summed E-state index contributed by atoms with van der Waals surface area (Å²) in [4.78, 5) is 0. The topological polar surface area (TPSA) is 21.3 Å². The monoisotopic (exact) mass is 255 g/mol. The predicted molar refractivity (Wildman–Crippen MR) is 60.6 cm³/mol. The molecule has 0 unspecified atom stereocenters. The van der Waals surface area contributed by atoms with E-state index in [1.807, 2.05) is 6.07 Å². The van der Waals surface area contributed by atoms with E-state index in [1.165, 1.54) is 18.4 Å². The minimum Gasteiger partial charge on any atom is -0.496 e. The van der Waals surface area contributed by atoms with Crippen molar-refractivity contribution in [2.45, 2.75) is 25.4 Å². The van der Waals surface area contributed by atoms with Gasteiger partial charge < -0.3 is 10.1 Å². The number of benzene rings is 1. The van der Waals surface area contributed by atoms with Crippen LogP contribution in [0.1, 0.15) is 18.4 Å². The highest BCUT2D eigenvalue weighted by Gasteiger charge is 2.19. The normalized spacial score (nSPS) is 15.6. The van der Waals surface area contributed by atoms with Gasteiger partial charge in [-0.1, -0.05) is 6.07 Å². The van der Waals surface area contributed by atoms with Gasteiger partial charge in [0.2, 0.25) is 0 Å². The van der Waals surface area contributed by atoms with Gasteiger partial charge in [-0.2, -0.15) is 0 Å². The summed E-state index contributed by atoms with van der Waals surface area (Å²) in [6.45, 7) is 0.952. The Morgan fingerprint density at radius 1 is 1.50 bits per heavy atom. The molecule has 0 bridgehead atoms. The molecule has 14 heavy (non-hydrogen) atoms. The molecule has 0 heterocycles. The second-order valence-corrected chi connectivity index (χ2v) is 4.48. The zero-order valence-corrected chi connectivity index (χ0v) is 9.80. The molecule has 1 N–H and O–H groups in total. The van der Waals surface area contributed by atoms with Crippen molar-refractivity contribution in [1.82, 2.24) is 5.32 Å². The standard InChI is InChI=1S/C11H14BrNO/c1-14-11-5-2-8(6-10(11)12)7-13-9-3-4-9/h2,5-6,9,13H,3-4,7H2,1H3. The van der Waals surface area contributed by atoms with Gasteiger partial charge >= 0.3 is 0 Å². The third kappa shape index (κ3) is 2.49. The fraction of sp³-hybridized carbons (Fsp3) is 0.455. The lowest BCUT2D eigenvalue weighted by Crippen LogP contribution is -2.15. The quantitative estimate of drug-likeness (QED) is 0.894. The molecule has 1 aromatic rings. The molecule has 1 saturated carbocycles. The number of hydrogen-bond acceptors (Lipinski definition) is 2. The van der Waals surface area contributed by atoms with Crippen LogP contribution in [0.15, 0.2) is 22.7 Å². The maximum absolute atomic E-state index is 5.17. The highest BCUT2D eigenvalue weighted by Crippen LogP contribution is 2.26. The molecular weight excluding hydrogens is 242 g/mol. The zero-order chi connectivity index (χ0) is 9.97. The lowest BCUT2D eigenvalue weighted by molar-refractivity contribution is 0.412. The predicted octanol–water partition coefficient (Wildman–Crippen LogP) is 2.71. The molecule has 2 nitrogen and oxygen atoms in total. The van der Waals surface area contributed by atoms with Gasteiger partial charge in [0.15, 0.2) is 0 Å². The third-order valence-electron chi connectivity index (χ3n) is 2.39. The van der Waals surface area contributed by atoms with Crippen LogP contribution in [0.2, 0.25) is 0 Å². The molecule has 1 fully saturated rings. The van der Waals surface area contributed by atoms with Crippen molar-refractivity contribution in [1.29, 1.82) is 0 Å². The summed E-state index contributed by atoms with van der Waals surface area (Å²) >= 11 is 3.48. The summed E-state index contributed by atoms with van der Waals surface area (Å²) in [5.74, 6) is 0.889. The van der Waals surface area contributed by atoms with E-state index in [4.69, 9.17) is 4.74 Å². The first-order valence-corrected chi connectivity index (χ1v) is 5.64. The molecule has 1 aromatic carbocycles. The van der Waals surface area contributed by atoms with E-state index in [1.54, 1.807) is 7.11 Å². The number of ether oxygens (including phenoxy) is 1. The van der Waals surface area contributed by atoms with E-state index in [2.05, 4.69) is 33.4 Å². The van der Waals surface area contributed by atoms with Crippen molar-refractivity contribution >= 4 is 15.9 Å². The number of halogens is 1. The average molecular weight is 256 g/mol. The number of hydrogen-bond donors (Lipinski definition) is 1. The Bertz CT molecular complexity index is 323. The first-order valence-electron chi connectivity index (χ1n) is 4.85. The second-order valence-electron chi connectivity index (χ2n) is 3.62. The Balaban J connectivity index is 1.99. The highest BCUT2D eigenvalue weighted by molar-refractivity contribution is 9.10. The molecule has 0 atom stereocenters. The summed E-state index contributed by atoms with van der Waals surface area (Å²) in [5, 5.41) is 3.48. The number of methoxy groups -OCH3 is 1. The van der Waals surface area contributed by atoms with Crippen molar-refractivity contribution in [2.24, 2.45) is 0 Å². The van der Waals surface area contributed by atoms with Gasteiger partial charge in [0.25, 0.3) is 0 Å². The molecule has 1 aliphatic rings. The molecule has 0 aromatic heterocycles. The minimum absolute atomic E-state index is 0.760. The Morgan fingerprint density at radius 3 is 2.86 bits per heavy atom. The second kappa shape index (κ2) is 4.32. The van der Waals surface area contributed by atoms with Gasteiger partial charge in [-0.15, -0.1) is 0 Å². The van der Waals surface area contributed by atoms with Crippen molar-refractivity contribution in [2.75, 3.05) is 7.11 Å². The van der Waals surface area contributed by atoms with Gasteiger partial charge in [0, 0.05) is 12.6 Å². The summed E-state index contributed by atoms with van der Waals surface area (Å²) in [6.07, 6.45) is 2.66. The Morgan fingerprint density at radius 2 is 2.29 bits per heavy atom. The van der Waals surface area contributed by atoms with Crippen molar-refractivity contribution in [3.8, 4) is 5.75 Å². The highest BCUT2D eigenvalue weighted by atomic mass is 79.9. The zero-order valence-electron chi connectivity index (χ0n) is 8.22. The molecule has 0 amide bonds. The van der Waals surface area contributed by atoms with E-state index in [0.717, 1.165) is 22.8 Å². The maximum Gasteiger partial charge on any atom is 0.133 e. The average Bonchev–Trinajstić information content (AvgIpc) is 2.98. The Kier molecular flexibility index (Phi) is 3.08. The molecule has 0 spiro atoms. The summed E-state index contributed by atoms with van der Waals surface area (Å²) in [7, 11) is 1.68. The van der Waals surface area contributed by atoms with Crippen LogP contribution in [-0.2, 0) is 6.54 Å². The van der Waals surface area contributed by atoms with E-state index in [-0.39, 0.29) is 0 Å². The van der Waals surface area contributed by atoms with E-state index >= 15 is 0 Å². The van der Waals surface area contributed by atoms with E-state index in [0.29, 0.717) is 0 Å². The molecule has 1 aliphatic carbocycles. The lowest BCUT2D eigenvalue weighted by Gasteiger charge is -2.06. The van der Waals surface area contributed by atoms with Crippen LogP contribution in [0.4, 0.5) is 0 Å². The molecule has 76 valence electrons. The molecule has 0 aliphatic heterocycles. The van der Waals surface area contributed by atoms with Crippen LogP contribution < -0.4 is 10.1 Å². The van der Waals surface area contributed by atoms with E-state index in [9.17, 15) is 0 Å². The summed E-state index contributed by atoms with van der Waals surface area (Å²) in [5.41, 5.74) is 1.30. The first kappa shape index (κ1) is 9.99. The van der Waals surface area contributed by atoms with Crippen molar-refractivity contribution in [3.05, 3.63) is 28.2 Å². The Hall–Kier alpha value is -0.540. The molecule has 0 saturated heterocycles. The summed E-state index contributed by atoms with van der Waals surface area (Å²) in [6, 6.07) is 6.96. The SMILES string of the molecule is COc1ccc(CNC2CC2)cc1Br. The third-order valence-corrected chi connectivity index (χ3v) is 3.01. The molecule has 0 radical (unpaired) electrons. The number of rotatable bonds is 4. The van der Waals surface area contributed by atoms with Crippen LogP contribution in [0.5, 0.6) is 5.75 Å². The Labute approximate surface area is 92.8 Å². The first-order chi connectivity index (χ1) is 6.79. The molecular formula is C11H14BrNO. The molecule has 2 rings (SSSR count). The van der Waals surface area contributed by atoms with Crippen LogP contribution in [0.25, 0.3) is 0 Å². The fourth-order valence-corrected chi connectivity index (χ4v) is 1.96. The maximum atomic E-state index is 5.17. The van der Waals surface area contributed by atoms with Gasteiger partial charge in [-0.25, -0.2) is 0 Å². The smallest absolute Gasteiger partial charge is 0.133 e. The van der Waals surface area contributed by atoms with Crippen molar-refractivity contribution in [3.63, 3.8) is 0 Å². The van der Waals surface area contributed by atoms with Crippen LogP contribution >= 0.6 is 15.9 Å². The number of nitrogens with one attached hydrogen (secondary N) is 1. The van der Waals surface area contributed by atoms with Gasteiger partial charge in [0.05, 0.1) is 11.6 Å².